The van der Waals surface area contributed by atoms with Gasteiger partial charge in [-0.15, -0.1) is 0 Å². The second-order valence-corrected chi connectivity index (χ2v) is 8.69. The van der Waals surface area contributed by atoms with Crippen LogP contribution in [0.4, 0.5) is 0 Å². The van der Waals surface area contributed by atoms with E-state index in [9.17, 15) is 13.7 Å². The van der Waals surface area contributed by atoms with Crippen molar-refractivity contribution in [3.63, 3.8) is 0 Å². The fourth-order valence-corrected chi connectivity index (χ4v) is 5.51. The Bertz CT molecular complexity index is 929. The number of hydrogen-bond donors (Lipinski definition) is 0. The van der Waals surface area contributed by atoms with Crippen molar-refractivity contribution in [2.24, 2.45) is 0 Å². The van der Waals surface area contributed by atoms with Gasteiger partial charge in [-0.25, -0.2) is 8.42 Å². The maximum atomic E-state index is 12.9. The van der Waals surface area contributed by atoms with E-state index in [-0.39, 0.29) is 14.9 Å². The summed E-state index contributed by atoms with van der Waals surface area (Å²) in [6, 6.07) is 14.3. The molecule has 26 heavy (non-hydrogen) atoms. The maximum Gasteiger partial charge on any atom is 0.246 e. The normalized spacial score (nSPS) is 16.3. The van der Waals surface area contributed by atoms with E-state index in [4.69, 9.17) is 23.2 Å². The lowest BCUT2D eigenvalue weighted by Gasteiger charge is -2.34. The molecule has 0 bridgehead atoms. The Morgan fingerprint density at radius 3 is 2.19 bits per heavy atom. The number of nitrogens with zero attached hydrogens (tertiary/aromatic N) is 3. The zero-order valence-electron chi connectivity index (χ0n) is 13.9. The first kappa shape index (κ1) is 19.2. The van der Waals surface area contributed by atoms with Gasteiger partial charge >= 0.3 is 0 Å². The molecule has 0 unspecified atom stereocenters. The van der Waals surface area contributed by atoms with E-state index in [1.54, 1.807) is 12.1 Å². The van der Waals surface area contributed by atoms with Crippen LogP contribution in [0.2, 0.25) is 10.0 Å². The lowest BCUT2D eigenvalue weighted by Crippen LogP contribution is -2.48. The molecule has 0 spiro atoms. The summed E-state index contributed by atoms with van der Waals surface area (Å²) in [5.74, 6) is 0. The molecule has 0 N–H and O–H groups in total. The van der Waals surface area contributed by atoms with Gasteiger partial charge in [0.2, 0.25) is 10.0 Å². The van der Waals surface area contributed by atoms with Gasteiger partial charge in [0.1, 0.15) is 4.90 Å². The second kappa shape index (κ2) is 7.95. The quantitative estimate of drug-likeness (QED) is 0.776. The molecule has 0 amide bonds. The molecule has 0 aliphatic carbocycles. The summed E-state index contributed by atoms with van der Waals surface area (Å²) in [6.45, 7) is 2.45. The molecule has 1 aliphatic rings. The number of rotatable bonds is 4. The molecule has 1 heterocycles. The molecule has 3 rings (SSSR count). The van der Waals surface area contributed by atoms with Crippen molar-refractivity contribution in [2.75, 3.05) is 26.2 Å². The molecule has 2 aromatic rings. The minimum absolute atomic E-state index is 0.0355. The van der Waals surface area contributed by atoms with Gasteiger partial charge in [-0.2, -0.15) is 9.57 Å². The molecule has 136 valence electrons. The van der Waals surface area contributed by atoms with Gasteiger partial charge in [-0.05, 0) is 23.8 Å². The van der Waals surface area contributed by atoms with Gasteiger partial charge in [0.25, 0.3) is 0 Å². The number of nitriles is 1. The Balaban J connectivity index is 1.71. The monoisotopic (exact) mass is 409 g/mol. The van der Waals surface area contributed by atoms with E-state index in [0.717, 1.165) is 5.56 Å². The molecule has 0 atom stereocenters. The van der Waals surface area contributed by atoms with Gasteiger partial charge in [0, 0.05) is 32.7 Å². The predicted octanol–water partition coefficient (Wildman–Crippen LogP) is 3.37. The van der Waals surface area contributed by atoms with Crippen molar-refractivity contribution in [1.82, 2.24) is 9.21 Å². The van der Waals surface area contributed by atoms with Crippen LogP contribution in [0.25, 0.3) is 0 Å². The average molecular weight is 410 g/mol. The Hall–Kier alpha value is -1.62. The number of sulfonamides is 1. The summed E-state index contributed by atoms with van der Waals surface area (Å²) in [4.78, 5) is 2.10. The Morgan fingerprint density at radius 2 is 1.58 bits per heavy atom. The summed E-state index contributed by atoms with van der Waals surface area (Å²) >= 11 is 12.1. The summed E-state index contributed by atoms with van der Waals surface area (Å²) < 4.78 is 27.2. The summed E-state index contributed by atoms with van der Waals surface area (Å²) in [5, 5.41) is 9.45. The zero-order valence-corrected chi connectivity index (χ0v) is 16.2. The number of halogens is 2. The van der Waals surface area contributed by atoms with Gasteiger partial charge < -0.3 is 0 Å². The van der Waals surface area contributed by atoms with Crippen molar-refractivity contribution in [2.45, 2.75) is 11.4 Å². The van der Waals surface area contributed by atoms with Crippen LogP contribution in [-0.4, -0.2) is 43.8 Å². The van der Waals surface area contributed by atoms with Crippen molar-refractivity contribution < 1.29 is 8.42 Å². The number of benzene rings is 2. The van der Waals surface area contributed by atoms with E-state index >= 15 is 0 Å². The molecule has 0 radical (unpaired) electrons. The van der Waals surface area contributed by atoms with Crippen LogP contribution < -0.4 is 0 Å². The van der Waals surface area contributed by atoms with Crippen LogP contribution in [-0.2, 0) is 16.6 Å². The molecule has 1 saturated heterocycles. The first-order valence-corrected chi connectivity index (χ1v) is 10.3. The minimum Gasteiger partial charge on any atom is -0.296 e. The Morgan fingerprint density at radius 1 is 0.962 bits per heavy atom. The van der Waals surface area contributed by atoms with Crippen molar-refractivity contribution in [3.05, 3.63) is 63.6 Å². The largest absolute Gasteiger partial charge is 0.296 e. The Kier molecular flexibility index (Phi) is 5.86. The molecule has 8 heteroatoms. The van der Waals surface area contributed by atoms with E-state index in [1.807, 2.05) is 18.2 Å². The van der Waals surface area contributed by atoms with Gasteiger partial charge in [0.15, 0.2) is 0 Å². The summed E-state index contributed by atoms with van der Waals surface area (Å²) in [7, 11) is -3.74. The lowest BCUT2D eigenvalue weighted by atomic mass is 10.1. The highest BCUT2D eigenvalue weighted by Crippen LogP contribution is 2.32. The SMILES string of the molecule is N#Cc1ccccc1CN1CCN(S(=O)(=O)c2c(Cl)cccc2Cl)CC1. The van der Waals surface area contributed by atoms with Crippen molar-refractivity contribution >= 4 is 33.2 Å². The van der Waals surface area contributed by atoms with E-state index < -0.39 is 10.0 Å². The summed E-state index contributed by atoms with van der Waals surface area (Å²) in [6.07, 6.45) is 0. The molecule has 0 saturated carbocycles. The van der Waals surface area contributed by atoms with Gasteiger partial charge in [-0.1, -0.05) is 47.5 Å². The van der Waals surface area contributed by atoms with Gasteiger partial charge in [-0.3, -0.25) is 4.90 Å². The number of hydrogen-bond acceptors (Lipinski definition) is 4. The highest BCUT2D eigenvalue weighted by atomic mass is 35.5. The lowest BCUT2D eigenvalue weighted by molar-refractivity contribution is 0.181. The van der Waals surface area contributed by atoms with E-state index in [2.05, 4.69) is 11.0 Å². The fourth-order valence-electron chi connectivity index (χ4n) is 2.99. The molecule has 5 nitrogen and oxygen atoms in total. The predicted molar refractivity (Wildman–Crippen MR) is 102 cm³/mol. The van der Waals surface area contributed by atoms with Crippen LogP contribution in [0.15, 0.2) is 47.4 Å². The summed E-state index contributed by atoms with van der Waals surface area (Å²) in [5.41, 5.74) is 1.59. The number of piperazine rings is 1. The molecule has 2 aromatic carbocycles. The zero-order chi connectivity index (χ0) is 18.7. The average Bonchev–Trinajstić information content (AvgIpc) is 2.62. The second-order valence-electron chi connectivity index (χ2n) is 6.00. The minimum atomic E-state index is -3.74. The molecule has 1 fully saturated rings. The first-order chi connectivity index (χ1) is 12.4. The third-order valence-corrected chi connectivity index (χ3v) is 7.23. The molecule has 1 aliphatic heterocycles. The fraction of sp³-hybridized carbons (Fsp3) is 0.278. The van der Waals surface area contributed by atoms with Crippen LogP contribution in [0.1, 0.15) is 11.1 Å². The van der Waals surface area contributed by atoms with Gasteiger partial charge in [0.05, 0.1) is 21.7 Å². The highest BCUT2D eigenvalue weighted by Gasteiger charge is 2.31. The molecular formula is C18H17Cl2N3O2S. The van der Waals surface area contributed by atoms with E-state index in [0.29, 0.717) is 38.3 Å². The van der Waals surface area contributed by atoms with Crippen LogP contribution in [0, 0.1) is 11.3 Å². The Labute approximate surface area is 163 Å². The highest BCUT2D eigenvalue weighted by molar-refractivity contribution is 7.89. The van der Waals surface area contributed by atoms with Crippen LogP contribution >= 0.6 is 23.2 Å². The molecule has 0 aromatic heterocycles. The smallest absolute Gasteiger partial charge is 0.246 e. The third kappa shape index (κ3) is 3.88. The van der Waals surface area contributed by atoms with Crippen LogP contribution in [0.5, 0.6) is 0 Å². The standard InChI is InChI=1S/C18H17Cl2N3O2S/c19-16-6-3-7-17(20)18(16)26(24,25)23-10-8-22(9-11-23)13-15-5-2-1-4-14(15)12-21/h1-7H,8-11,13H2. The van der Waals surface area contributed by atoms with Crippen molar-refractivity contribution in [1.29, 1.82) is 5.26 Å². The van der Waals surface area contributed by atoms with E-state index in [1.165, 1.54) is 16.4 Å². The first-order valence-electron chi connectivity index (χ1n) is 8.08. The topological polar surface area (TPSA) is 64.4 Å². The van der Waals surface area contributed by atoms with Crippen LogP contribution in [0.3, 0.4) is 0 Å². The molecular weight excluding hydrogens is 393 g/mol. The van der Waals surface area contributed by atoms with Crippen molar-refractivity contribution in [3.8, 4) is 6.07 Å². The third-order valence-electron chi connectivity index (χ3n) is 4.38. The maximum absolute atomic E-state index is 12.9.